The Labute approximate surface area is 132 Å². The molecule has 0 aliphatic heterocycles. The lowest BCUT2D eigenvalue weighted by atomic mass is 9.90. The molecule has 0 fully saturated rings. The lowest BCUT2D eigenvalue weighted by molar-refractivity contribution is -0.121. The molecule has 1 amide bonds. The van der Waals surface area contributed by atoms with Gasteiger partial charge >= 0.3 is 0 Å². The van der Waals surface area contributed by atoms with Crippen molar-refractivity contribution in [1.82, 2.24) is 5.32 Å². The number of benzene rings is 1. The van der Waals surface area contributed by atoms with Crippen molar-refractivity contribution in [3.63, 3.8) is 0 Å². The number of amides is 1. The van der Waals surface area contributed by atoms with Crippen LogP contribution < -0.4 is 5.32 Å². The van der Waals surface area contributed by atoms with Gasteiger partial charge in [-0.25, -0.2) is 0 Å². The number of carbonyl (C=O) groups excluding carboxylic acids is 1. The normalized spacial score (nSPS) is 11.5. The van der Waals surface area contributed by atoms with E-state index in [1.165, 1.54) is 16.0 Å². The van der Waals surface area contributed by atoms with Gasteiger partial charge in [-0.3, -0.25) is 4.79 Å². The molecule has 4 heteroatoms. The van der Waals surface area contributed by atoms with Gasteiger partial charge in [-0.05, 0) is 48.9 Å². The van der Waals surface area contributed by atoms with Crippen LogP contribution in [0.2, 0.25) is 0 Å². The number of rotatable bonds is 8. The maximum absolute atomic E-state index is 11.8. The number of carbonyl (C=O) groups is 1. The number of aliphatic hydroxyl groups is 1. The number of hydrogen-bond donors (Lipinski definition) is 2. The van der Waals surface area contributed by atoms with E-state index >= 15 is 0 Å². The molecular weight excluding hydrogens is 282 g/mol. The molecule has 1 rings (SSSR count). The molecule has 1 aromatic carbocycles. The first kappa shape index (κ1) is 18.1. The van der Waals surface area contributed by atoms with Crippen LogP contribution in [-0.2, 0) is 4.79 Å². The van der Waals surface area contributed by atoms with Gasteiger partial charge in [0.1, 0.15) is 0 Å². The van der Waals surface area contributed by atoms with Crippen molar-refractivity contribution in [3.05, 3.63) is 29.3 Å². The molecule has 0 saturated heterocycles. The fourth-order valence-corrected chi connectivity index (χ4v) is 2.83. The highest BCUT2D eigenvalue weighted by molar-refractivity contribution is 7.99. The summed E-state index contributed by atoms with van der Waals surface area (Å²) in [6.45, 7) is 9.08. The summed E-state index contributed by atoms with van der Waals surface area (Å²) in [4.78, 5) is 13.0. The highest BCUT2D eigenvalue weighted by Crippen LogP contribution is 2.22. The third-order valence-corrected chi connectivity index (χ3v) is 4.62. The Kier molecular flexibility index (Phi) is 7.26. The maximum Gasteiger partial charge on any atom is 0.220 e. The monoisotopic (exact) mass is 309 g/mol. The van der Waals surface area contributed by atoms with Crippen LogP contribution in [0.4, 0.5) is 0 Å². The standard InChI is InChI=1S/C17H27NO2S/c1-13-5-6-15(11-14(13)2)21-10-7-16(20)18-12-17(3,4)8-9-19/h5-6,11,19H,7-10,12H2,1-4H3,(H,18,20). The second kappa shape index (κ2) is 8.44. The summed E-state index contributed by atoms with van der Waals surface area (Å²) in [5, 5.41) is 11.9. The van der Waals surface area contributed by atoms with E-state index in [0.29, 0.717) is 19.4 Å². The van der Waals surface area contributed by atoms with Crippen LogP contribution in [0.1, 0.15) is 37.8 Å². The van der Waals surface area contributed by atoms with Crippen molar-refractivity contribution in [2.45, 2.75) is 45.4 Å². The van der Waals surface area contributed by atoms with Gasteiger partial charge < -0.3 is 10.4 Å². The van der Waals surface area contributed by atoms with Gasteiger partial charge in [-0.2, -0.15) is 0 Å². The van der Waals surface area contributed by atoms with Crippen LogP contribution in [0.5, 0.6) is 0 Å². The molecule has 0 unspecified atom stereocenters. The molecule has 0 atom stereocenters. The second-order valence-corrected chi connectivity index (χ2v) is 7.43. The molecule has 3 nitrogen and oxygen atoms in total. The van der Waals surface area contributed by atoms with E-state index in [1.807, 2.05) is 13.8 Å². The minimum atomic E-state index is -0.0500. The number of thioether (sulfide) groups is 1. The van der Waals surface area contributed by atoms with Crippen molar-refractivity contribution >= 4 is 17.7 Å². The Hall–Kier alpha value is -1.00. The molecule has 1 aromatic rings. The highest BCUT2D eigenvalue weighted by Gasteiger charge is 2.17. The van der Waals surface area contributed by atoms with E-state index in [-0.39, 0.29) is 17.9 Å². The third kappa shape index (κ3) is 7.00. The Morgan fingerprint density at radius 1 is 1.29 bits per heavy atom. The van der Waals surface area contributed by atoms with E-state index in [9.17, 15) is 4.79 Å². The highest BCUT2D eigenvalue weighted by atomic mass is 32.2. The Balaban J connectivity index is 2.29. The Morgan fingerprint density at radius 2 is 2.00 bits per heavy atom. The van der Waals surface area contributed by atoms with Crippen molar-refractivity contribution in [2.75, 3.05) is 18.9 Å². The summed E-state index contributed by atoms with van der Waals surface area (Å²) in [5.74, 6) is 0.867. The molecule has 0 radical (unpaired) electrons. The summed E-state index contributed by atoms with van der Waals surface area (Å²) in [7, 11) is 0. The van der Waals surface area contributed by atoms with Gasteiger partial charge in [-0.15, -0.1) is 11.8 Å². The van der Waals surface area contributed by atoms with Crippen LogP contribution in [0, 0.1) is 19.3 Å². The van der Waals surface area contributed by atoms with E-state index in [4.69, 9.17) is 5.11 Å². The molecule has 21 heavy (non-hydrogen) atoms. The van der Waals surface area contributed by atoms with Crippen LogP contribution >= 0.6 is 11.8 Å². The maximum atomic E-state index is 11.8. The number of aryl methyl sites for hydroxylation is 2. The van der Waals surface area contributed by atoms with Crippen LogP contribution in [0.15, 0.2) is 23.1 Å². The van der Waals surface area contributed by atoms with Gasteiger partial charge in [-0.1, -0.05) is 19.9 Å². The molecule has 0 saturated carbocycles. The summed E-state index contributed by atoms with van der Waals surface area (Å²) >= 11 is 1.71. The van der Waals surface area contributed by atoms with E-state index in [2.05, 4.69) is 37.4 Å². The smallest absolute Gasteiger partial charge is 0.220 e. The minimum absolute atomic E-state index is 0.0500. The first-order valence-electron chi connectivity index (χ1n) is 7.42. The van der Waals surface area contributed by atoms with Crippen molar-refractivity contribution < 1.29 is 9.90 Å². The SMILES string of the molecule is Cc1ccc(SCCC(=O)NCC(C)(C)CCO)cc1C. The second-order valence-electron chi connectivity index (χ2n) is 6.26. The van der Waals surface area contributed by atoms with Crippen molar-refractivity contribution in [1.29, 1.82) is 0 Å². The van der Waals surface area contributed by atoms with E-state index in [0.717, 1.165) is 5.75 Å². The first-order valence-corrected chi connectivity index (χ1v) is 8.40. The zero-order chi connectivity index (χ0) is 15.9. The van der Waals surface area contributed by atoms with Gasteiger partial charge in [0.25, 0.3) is 0 Å². The molecule has 0 aromatic heterocycles. The van der Waals surface area contributed by atoms with Crippen molar-refractivity contribution in [3.8, 4) is 0 Å². The van der Waals surface area contributed by atoms with Gasteiger partial charge in [0, 0.05) is 30.2 Å². The van der Waals surface area contributed by atoms with Crippen LogP contribution in [-0.4, -0.2) is 29.9 Å². The van der Waals surface area contributed by atoms with Gasteiger partial charge in [0.15, 0.2) is 0 Å². The number of nitrogens with one attached hydrogen (secondary N) is 1. The first-order chi connectivity index (χ1) is 9.84. The van der Waals surface area contributed by atoms with Gasteiger partial charge in [0.2, 0.25) is 5.91 Å². The molecule has 0 aliphatic rings. The van der Waals surface area contributed by atoms with E-state index < -0.39 is 0 Å². The molecule has 0 aliphatic carbocycles. The fourth-order valence-electron chi connectivity index (χ4n) is 1.88. The van der Waals surface area contributed by atoms with E-state index in [1.54, 1.807) is 11.8 Å². The average Bonchev–Trinajstić information content (AvgIpc) is 2.41. The lowest BCUT2D eigenvalue weighted by Gasteiger charge is -2.23. The lowest BCUT2D eigenvalue weighted by Crippen LogP contribution is -2.34. The quantitative estimate of drug-likeness (QED) is 0.724. The van der Waals surface area contributed by atoms with Gasteiger partial charge in [0.05, 0.1) is 0 Å². The summed E-state index contributed by atoms with van der Waals surface area (Å²) in [6.07, 6.45) is 1.22. The molecular formula is C17H27NO2S. The van der Waals surface area contributed by atoms with Crippen molar-refractivity contribution in [2.24, 2.45) is 5.41 Å². The topological polar surface area (TPSA) is 49.3 Å². The zero-order valence-corrected chi connectivity index (χ0v) is 14.3. The molecule has 0 bridgehead atoms. The predicted octanol–water partition coefficient (Wildman–Crippen LogP) is 3.31. The molecule has 0 spiro atoms. The fraction of sp³-hybridized carbons (Fsp3) is 0.588. The zero-order valence-electron chi connectivity index (χ0n) is 13.5. The Morgan fingerprint density at radius 3 is 2.62 bits per heavy atom. The molecule has 2 N–H and O–H groups in total. The summed E-state index contributed by atoms with van der Waals surface area (Å²) in [6, 6.07) is 6.40. The summed E-state index contributed by atoms with van der Waals surface area (Å²) in [5.41, 5.74) is 2.53. The molecule has 0 heterocycles. The van der Waals surface area contributed by atoms with Crippen LogP contribution in [0.25, 0.3) is 0 Å². The number of aliphatic hydroxyl groups excluding tert-OH is 1. The predicted molar refractivity (Wildman–Crippen MR) is 89.8 cm³/mol. The largest absolute Gasteiger partial charge is 0.396 e. The van der Waals surface area contributed by atoms with Crippen LogP contribution in [0.3, 0.4) is 0 Å². The number of hydrogen-bond acceptors (Lipinski definition) is 3. The Bertz CT molecular complexity index is 472. The third-order valence-electron chi connectivity index (χ3n) is 3.63. The average molecular weight is 309 g/mol. The summed E-state index contributed by atoms with van der Waals surface area (Å²) < 4.78 is 0. The minimum Gasteiger partial charge on any atom is -0.396 e. The molecule has 118 valence electrons.